The van der Waals surface area contributed by atoms with E-state index in [2.05, 4.69) is 16.5 Å². The highest BCUT2D eigenvalue weighted by Gasteiger charge is 2.32. The lowest BCUT2D eigenvalue weighted by Gasteiger charge is -2.18. The van der Waals surface area contributed by atoms with Gasteiger partial charge in [-0.2, -0.15) is 0 Å². The quantitative estimate of drug-likeness (QED) is 0.843. The summed E-state index contributed by atoms with van der Waals surface area (Å²) in [6.45, 7) is 0.251. The van der Waals surface area contributed by atoms with Crippen LogP contribution >= 0.6 is 0 Å². The van der Waals surface area contributed by atoms with Gasteiger partial charge < -0.3 is 9.63 Å². The van der Waals surface area contributed by atoms with Crippen molar-refractivity contribution in [2.24, 2.45) is 5.92 Å². The second-order valence-corrected chi connectivity index (χ2v) is 6.89. The number of benzene rings is 1. The zero-order chi connectivity index (χ0) is 16.7. The van der Waals surface area contributed by atoms with Crippen LogP contribution in [0.4, 0.5) is 0 Å². The third-order valence-corrected chi connectivity index (χ3v) is 5.36. The summed E-state index contributed by atoms with van der Waals surface area (Å²) in [5, 5.41) is 16.6. The van der Waals surface area contributed by atoms with Crippen molar-refractivity contribution in [3.05, 3.63) is 29.5 Å². The molecule has 2 N–H and O–H groups in total. The van der Waals surface area contributed by atoms with Gasteiger partial charge in [-0.25, -0.2) is 0 Å². The van der Waals surface area contributed by atoms with Crippen LogP contribution < -0.4 is 5.32 Å². The van der Waals surface area contributed by atoms with E-state index in [-0.39, 0.29) is 18.4 Å². The fourth-order valence-electron chi connectivity index (χ4n) is 3.98. The summed E-state index contributed by atoms with van der Waals surface area (Å²) in [7, 11) is 0. The maximum Gasteiger partial charge on any atom is 0.235 e. The summed E-state index contributed by atoms with van der Waals surface area (Å²) in [6, 6.07) is 6.04. The number of aliphatic hydroxyl groups excluding tert-OH is 1. The number of amides is 2. The van der Waals surface area contributed by atoms with E-state index in [9.17, 15) is 14.7 Å². The molecule has 0 spiro atoms. The molecule has 1 saturated carbocycles. The summed E-state index contributed by atoms with van der Waals surface area (Å²) >= 11 is 0. The molecule has 2 aliphatic rings. The van der Waals surface area contributed by atoms with E-state index in [0.717, 1.165) is 24.6 Å². The lowest BCUT2D eigenvalue weighted by atomic mass is 9.91. The minimum atomic E-state index is -0.431. The molecule has 126 valence electrons. The van der Waals surface area contributed by atoms with Crippen LogP contribution in [-0.2, 0) is 9.59 Å². The molecule has 2 amide bonds. The minimum absolute atomic E-state index is 0.231. The Labute approximate surface area is 139 Å². The van der Waals surface area contributed by atoms with Gasteiger partial charge in [0.05, 0.1) is 5.92 Å². The topological polar surface area (TPSA) is 92.4 Å². The van der Waals surface area contributed by atoms with E-state index in [1.807, 2.05) is 12.1 Å². The van der Waals surface area contributed by atoms with Gasteiger partial charge in [-0.05, 0) is 55.2 Å². The van der Waals surface area contributed by atoms with Gasteiger partial charge in [-0.1, -0.05) is 11.2 Å². The molecule has 1 aliphatic carbocycles. The standard InChI is InChI=1S/C18H20N2O4/c21-9-10-1-2-11(7-10)12-3-4-13-15(8-12)24-20-17(13)14-5-6-16(22)19-18(14)23/h3-4,8,10-11,14,21H,1-2,5-7,9H2,(H,19,22,23)/t10-,11?,14?/m0/s1. The SMILES string of the molecule is O=C1CCC(c2noc3cc(C4CC[C@H](CO)C4)ccc23)C(=O)N1. The molecular weight excluding hydrogens is 308 g/mol. The van der Waals surface area contributed by atoms with Gasteiger partial charge in [0.15, 0.2) is 5.58 Å². The smallest absolute Gasteiger partial charge is 0.235 e. The van der Waals surface area contributed by atoms with Crippen molar-refractivity contribution >= 4 is 22.8 Å². The van der Waals surface area contributed by atoms with Crippen LogP contribution in [0.15, 0.2) is 22.7 Å². The number of fused-ring (bicyclic) bond motifs is 1. The van der Waals surface area contributed by atoms with Gasteiger partial charge in [0, 0.05) is 18.4 Å². The van der Waals surface area contributed by atoms with Crippen LogP contribution in [0.5, 0.6) is 0 Å². The Balaban J connectivity index is 1.62. The average Bonchev–Trinajstić information content (AvgIpc) is 3.21. The summed E-state index contributed by atoms with van der Waals surface area (Å²) in [6.07, 6.45) is 3.92. The van der Waals surface area contributed by atoms with Crippen molar-refractivity contribution in [3.63, 3.8) is 0 Å². The number of nitrogens with one attached hydrogen (secondary N) is 1. The molecule has 24 heavy (non-hydrogen) atoms. The summed E-state index contributed by atoms with van der Waals surface area (Å²) in [5.41, 5.74) is 2.49. The van der Waals surface area contributed by atoms with Gasteiger partial charge in [-0.15, -0.1) is 0 Å². The predicted octanol–water partition coefficient (Wildman–Crippen LogP) is 2.22. The summed E-state index contributed by atoms with van der Waals surface area (Å²) in [5.74, 6) is -0.131. The Kier molecular flexibility index (Phi) is 3.84. The molecule has 4 rings (SSSR count). The molecule has 1 aromatic carbocycles. The predicted molar refractivity (Wildman–Crippen MR) is 86.3 cm³/mol. The number of hydrogen-bond donors (Lipinski definition) is 2. The molecule has 2 heterocycles. The van der Waals surface area contributed by atoms with Gasteiger partial charge in [0.2, 0.25) is 11.8 Å². The first-order valence-corrected chi connectivity index (χ1v) is 8.49. The van der Waals surface area contributed by atoms with E-state index in [1.165, 1.54) is 5.56 Å². The first kappa shape index (κ1) is 15.3. The number of piperidine rings is 1. The Hall–Kier alpha value is -2.21. The molecular formula is C18H20N2O4. The first-order chi connectivity index (χ1) is 11.7. The van der Waals surface area contributed by atoms with Crippen molar-refractivity contribution in [2.75, 3.05) is 6.61 Å². The average molecular weight is 328 g/mol. The number of carbonyl (C=O) groups is 2. The van der Waals surface area contributed by atoms with Gasteiger partial charge >= 0.3 is 0 Å². The second kappa shape index (κ2) is 6.02. The van der Waals surface area contributed by atoms with Crippen molar-refractivity contribution in [1.82, 2.24) is 10.5 Å². The zero-order valence-corrected chi connectivity index (χ0v) is 13.3. The van der Waals surface area contributed by atoms with E-state index in [4.69, 9.17) is 4.52 Å². The molecule has 2 unspecified atom stereocenters. The van der Waals surface area contributed by atoms with Crippen LogP contribution in [0.1, 0.15) is 55.2 Å². The highest BCUT2D eigenvalue weighted by molar-refractivity contribution is 6.02. The van der Waals surface area contributed by atoms with Crippen molar-refractivity contribution < 1.29 is 19.2 Å². The van der Waals surface area contributed by atoms with E-state index in [1.54, 1.807) is 0 Å². The first-order valence-electron chi connectivity index (χ1n) is 8.49. The number of aliphatic hydroxyl groups is 1. The molecule has 2 aromatic rings. The Bertz CT molecular complexity index is 797. The molecule has 2 fully saturated rings. The molecule has 3 atom stereocenters. The fraction of sp³-hybridized carbons (Fsp3) is 0.500. The Morgan fingerprint density at radius 1 is 1.25 bits per heavy atom. The molecule has 6 nitrogen and oxygen atoms in total. The number of carbonyl (C=O) groups excluding carboxylic acids is 2. The third-order valence-electron chi connectivity index (χ3n) is 5.36. The van der Waals surface area contributed by atoms with Gasteiger partial charge in [0.25, 0.3) is 0 Å². The summed E-state index contributed by atoms with van der Waals surface area (Å²) in [4.78, 5) is 23.4. The molecule has 1 aliphatic heterocycles. The molecule has 6 heteroatoms. The summed E-state index contributed by atoms with van der Waals surface area (Å²) < 4.78 is 5.47. The van der Waals surface area contributed by atoms with Crippen LogP contribution in [-0.4, -0.2) is 28.7 Å². The van der Waals surface area contributed by atoms with E-state index in [0.29, 0.717) is 36.0 Å². The van der Waals surface area contributed by atoms with E-state index >= 15 is 0 Å². The van der Waals surface area contributed by atoms with E-state index < -0.39 is 5.92 Å². The lowest BCUT2D eigenvalue weighted by molar-refractivity contribution is -0.134. The normalized spacial score (nSPS) is 27.6. The minimum Gasteiger partial charge on any atom is -0.396 e. The highest BCUT2D eigenvalue weighted by Crippen LogP contribution is 2.39. The number of imide groups is 1. The fourth-order valence-corrected chi connectivity index (χ4v) is 3.98. The van der Waals surface area contributed by atoms with Gasteiger partial charge in [0.1, 0.15) is 5.69 Å². The van der Waals surface area contributed by atoms with Crippen LogP contribution in [0, 0.1) is 5.92 Å². The van der Waals surface area contributed by atoms with Crippen LogP contribution in [0.2, 0.25) is 0 Å². The monoisotopic (exact) mass is 328 g/mol. The number of nitrogens with zero attached hydrogens (tertiary/aromatic N) is 1. The molecule has 0 radical (unpaired) electrons. The maximum absolute atomic E-state index is 12.1. The van der Waals surface area contributed by atoms with Gasteiger partial charge in [-0.3, -0.25) is 14.9 Å². The second-order valence-electron chi connectivity index (χ2n) is 6.89. The van der Waals surface area contributed by atoms with Crippen LogP contribution in [0.25, 0.3) is 11.0 Å². The largest absolute Gasteiger partial charge is 0.396 e. The highest BCUT2D eigenvalue weighted by atomic mass is 16.5. The molecule has 1 saturated heterocycles. The number of rotatable bonds is 3. The van der Waals surface area contributed by atoms with Crippen molar-refractivity contribution in [1.29, 1.82) is 0 Å². The Morgan fingerprint density at radius 3 is 2.88 bits per heavy atom. The van der Waals surface area contributed by atoms with Crippen molar-refractivity contribution in [2.45, 2.75) is 43.9 Å². The Morgan fingerprint density at radius 2 is 2.12 bits per heavy atom. The third kappa shape index (κ3) is 2.60. The molecule has 1 aromatic heterocycles. The maximum atomic E-state index is 12.1. The van der Waals surface area contributed by atoms with Crippen LogP contribution in [0.3, 0.4) is 0 Å². The lowest BCUT2D eigenvalue weighted by Crippen LogP contribution is -2.39. The molecule has 0 bridgehead atoms. The number of aromatic nitrogens is 1. The van der Waals surface area contributed by atoms with Crippen molar-refractivity contribution in [3.8, 4) is 0 Å². The number of hydrogen-bond acceptors (Lipinski definition) is 5. The zero-order valence-electron chi connectivity index (χ0n) is 13.3.